The number of amides is 1. The molecule has 3 rings (SSSR count). The molecule has 0 aliphatic heterocycles. The molecule has 0 spiro atoms. The van der Waals surface area contributed by atoms with E-state index in [1.807, 2.05) is 24.3 Å². The SMILES string of the molecule is CC(C)(C)c1ccc(OCC(=O)N/N=C\c2ccc(OC(=O)c3cccc(F)c3)cc2)cc1. The molecule has 6 nitrogen and oxygen atoms in total. The quantitative estimate of drug-likeness (QED) is 0.242. The van der Waals surface area contributed by atoms with Crippen molar-refractivity contribution in [2.75, 3.05) is 6.61 Å². The number of nitrogens with one attached hydrogen (secondary N) is 1. The molecule has 1 amide bonds. The van der Waals surface area contributed by atoms with Gasteiger partial charge in [0.05, 0.1) is 11.8 Å². The fraction of sp³-hybridized carbons (Fsp3) is 0.192. The Hall–Kier alpha value is -4.00. The van der Waals surface area contributed by atoms with Crippen LogP contribution in [0.1, 0.15) is 42.3 Å². The van der Waals surface area contributed by atoms with Crippen molar-refractivity contribution in [1.29, 1.82) is 0 Å². The monoisotopic (exact) mass is 448 g/mol. The summed E-state index contributed by atoms with van der Waals surface area (Å²) >= 11 is 0. The van der Waals surface area contributed by atoms with Crippen LogP contribution in [-0.2, 0) is 10.2 Å². The molecule has 0 aliphatic rings. The number of carbonyl (C=O) groups is 2. The third-order valence-corrected chi connectivity index (χ3v) is 4.64. The maximum absolute atomic E-state index is 13.2. The second kappa shape index (κ2) is 10.5. The first-order valence-electron chi connectivity index (χ1n) is 10.3. The van der Waals surface area contributed by atoms with Crippen molar-refractivity contribution >= 4 is 18.1 Å². The molecule has 0 unspecified atom stereocenters. The molecular formula is C26H25FN2O4. The van der Waals surface area contributed by atoms with Crippen LogP contribution in [0.5, 0.6) is 11.5 Å². The van der Waals surface area contributed by atoms with Crippen molar-refractivity contribution in [3.63, 3.8) is 0 Å². The van der Waals surface area contributed by atoms with Crippen LogP contribution in [0.2, 0.25) is 0 Å². The molecule has 7 heteroatoms. The lowest BCUT2D eigenvalue weighted by atomic mass is 9.87. The zero-order valence-corrected chi connectivity index (χ0v) is 18.7. The van der Waals surface area contributed by atoms with Crippen molar-refractivity contribution in [2.24, 2.45) is 5.10 Å². The minimum absolute atomic E-state index is 0.0474. The number of hydrazone groups is 1. The van der Waals surface area contributed by atoms with Crippen LogP contribution < -0.4 is 14.9 Å². The van der Waals surface area contributed by atoms with Gasteiger partial charge in [0.1, 0.15) is 17.3 Å². The number of carbonyl (C=O) groups excluding carboxylic acids is 2. The van der Waals surface area contributed by atoms with Gasteiger partial charge in [-0.15, -0.1) is 0 Å². The molecule has 0 atom stereocenters. The Labute approximate surface area is 192 Å². The molecule has 0 radical (unpaired) electrons. The summed E-state index contributed by atoms with van der Waals surface area (Å²) in [5, 5.41) is 3.89. The number of nitrogens with zero attached hydrogens (tertiary/aromatic N) is 1. The Bertz CT molecular complexity index is 1130. The normalized spacial score (nSPS) is 11.3. The first-order valence-corrected chi connectivity index (χ1v) is 10.3. The lowest BCUT2D eigenvalue weighted by molar-refractivity contribution is -0.123. The summed E-state index contributed by atoms with van der Waals surface area (Å²) in [6.45, 7) is 6.21. The van der Waals surface area contributed by atoms with Gasteiger partial charge in [0.15, 0.2) is 6.61 Å². The van der Waals surface area contributed by atoms with Gasteiger partial charge in [0.25, 0.3) is 5.91 Å². The van der Waals surface area contributed by atoms with Gasteiger partial charge < -0.3 is 9.47 Å². The summed E-state index contributed by atoms with van der Waals surface area (Å²) in [5.41, 5.74) is 4.42. The van der Waals surface area contributed by atoms with Crippen LogP contribution in [0.25, 0.3) is 0 Å². The minimum atomic E-state index is -0.656. The van der Waals surface area contributed by atoms with Gasteiger partial charge in [-0.2, -0.15) is 5.10 Å². The van der Waals surface area contributed by atoms with Gasteiger partial charge in [0.2, 0.25) is 0 Å². The number of benzene rings is 3. The number of ether oxygens (including phenoxy) is 2. The predicted octanol–water partition coefficient (Wildman–Crippen LogP) is 4.87. The molecule has 170 valence electrons. The van der Waals surface area contributed by atoms with Gasteiger partial charge >= 0.3 is 5.97 Å². The molecule has 0 bridgehead atoms. The second-order valence-electron chi connectivity index (χ2n) is 8.33. The van der Waals surface area contributed by atoms with E-state index in [4.69, 9.17) is 9.47 Å². The Morgan fingerprint density at radius 3 is 2.27 bits per heavy atom. The highest BCUT2D eigenvalue weighted by Crippen LogP contribution is 2.24. The summed E-state index contributed by atoms with van der Waals surface area (Å²) in [7, 11) is 0. The van der Waals surface area contributed by atoms with Crippen LogP contribution in [0.15, 0.2) is 77.9 Å². The van der Waals surface area contributed by atoms with Gasteiger partial charge in [-0.1, -0.05) is 39.0 Å². The summed E-state index contributed by atoms with van der Waals surface area (Å²) in [6, 6.07) is 19.4. The number of hydrogen-bond acceptors (Lipinski definition) is 5. The topological polar surface area (TPSA) is 77.0 Å². The maximum Gasteiger partial charge on any atom is 0.343 e. The molecule has 3 aromatic carbocycles. The van der Waals surface area contributed by atoms with Gasteiger partial charge in [-0.25, -0.2) is 14.6 Å². The van der Waals surface area contributed by atoms with Crippen LogP contribution in [0, 0.1) is 5.82 Å². The fourth-order valence-electron chi connectivity index (χ4n) is 2.81. The first-order chi connectivity index (χ1) is 15.7. The van der Waals surface area contributed by atoms with Crippen LogP contribution in [-0.4, -0.2) is 24.7 Å². The number of hydrogen-bond donors (Lipinski definition) is 1. The number of halogens is 1. The van der Waals surface area contributed by atoms with Crippen LogP contribution in [0.4, 0.5) is 4.39 Å². The zero-order chi connectivity index (χ0) is 23.8. The Morgan fingerprint density at radius 1 is 0.970 bits per heavy atom. The van der Waals surface area contributed by atoms with Gasteiger partial charge in [-0.05, 0) is 71.1 Å². The average molecular weight is 448 g/mol. The number of esters is 1. The predicted molar refractivity (Wildman–Crippen MR) is 124 cm³/mol. The average Bonchev–Trinajstić information content (AvgIpc) is 2.78. The molecule has 1 N–H and O–H groups in total. The second-order valence-corrected chi connectivity index (χ2v) is 8.33. The van der Waals surface area contributed by atoms with Gasteiger partial charge in [0, 0.05) is 0 Å². The standard InChI is InChI=1S/C26H25FN2O4/c1-26(2,3)20-9-13-22(14-10-20)32-17-24(30)29-28-16-18-7-11-23(12-8-18)33-25(31)19-5-4-6-21(27)15-19/h4-16H,17H2,1-3H3,(H,29,30)/b28-16-. The summed E-state index contributed by atoms with van der Waals surface area (Å²) < 4.78 is 23.9. The van der Waals surface area contributed by atoms with Crippen molar-refractivity contribution in [2.45, 2.75) is 26.2 Å². The van der Waals surface area contributed by atoms with Crippen LogP contribution >= 0.6 is 0 Å². The van der Waals surface area contributed by atoms with Crippen molar-refractivity contribution < 1.29 is 23.5 Å². The summed E-state index contributed by atoms with van der Waals surface area (Å²) in [4.78, 5) is 24.0. The van der Waals surface area contributed by atoms with Crippen molar-refractivity contribution in [1.82, 2.24) is 5.43 Å². The lowest BCUT2D eigenvalue weighted by Crippen LogP contribution is -2.24. The Morgan fingerprint density at radius 2 is 1.64 bits per heavy atom. The van der Waals surface area contributed by atoms with E-state index in [0.717, 1.165) is 6.07 Å². The summed E-state index contributed by atoms with van der Waals surface area (Å²) in [6.07, 6.45) is 1.45. The highest BCUT2D eigenvalue weighted by molar-refractivity contribution is 5.91. The highest BCUT2D eigenvalue weighted by atomic mass is 19.1. The first kappa shape index (κ1) is 23.7. The third-order valence-electron chi connectivity index (χ3n) is 4.64. The molecule has 0 fully saturated rings. The van der Waals surface area contributed by atoms with E-state index < -0.39 is 17.7 Å². The molecule has 0 aliphatic carbocycles. The number of rotatable bonds is 7. The van der Waals surface area contributed by atoms with E-state index in [9.17, 15) is 14.0 Å². The minimum Gasteiger partial charge on any atom is -0.484 e. The molecule has 0 aromatic heterocycles. The fourth-order valence-corrected chi connectivity index (χ4v) is 2.81. The molecular weight excluding hydrogens is 423 g/mol. The maximum atomic E-state index is 13.2. The molecule has 0 saturated heterocycles. The van der Waals surface area contributed by atoms with Gasteiger partial charge in [-0.3, -0.25) is 4.79 Å². The Kier molecular flexibility index (Phi) is 7.56. The van der Waals surface area contributed by atoms with E-state index >= 15 is 0 Å². The van der Waals surface area contributed by atoms with E-state index in [1.54, 1.807) is 24.3 Å². The molecule has 33 heavy (non-hydrogen) atoms. The zero-order valence-electron chi connectivity index (χ0n) is 18.7. The van der Waals surface area contributed by atoms with E-state index in [0.29, 0.717) is 17.1 Å². The van der Waals surface area contributed by atoms with Crippen LogP contribution in [0.3, 0.4) is 0 Å². The summed E-state index contributed by atoms with van der Waals surface area (Å²) in [5.74, 6) is -0.660. The van der Waals surface area contributed by atoms with E-state index in [2.05, 4.69) is 31.3 Å². The smallest absolute Gasteiger partial charge is 0.343 e. The van der Waals surface area contributed by atoms with E-state index in [1.165, 1.54) is 30.0 Å². The molecule has 0 heterocycles. The Balaban J connectivity index is 1.45. The third kappa shape index (κ3) is 7.28. The van der Waals surface area contributed by atoms with Crippen molar-refractivity contribution in [3.8, 4) is 11.5 Å². The van der Waals surface area contributed by atoms with E-state index in [-0.39, 0.29) is 17.6 Å². The molecule has 3 aromatic rings. The largest absolute Gasteiger partial charge is 0.484 e. The lowest BCUT2D eigenvalue weighted by Gasteiger charge is -2.19. The molecule has 0 saturated carbocycles. The van der Waals surface area contributed by atoms with Crippen molar-refractivity contribution in [3.05, 3.63) is 95.3 Å². The highest BCUT2D eigenvalue weighted by Gasteiger charge is 2.13.